The van der Waals surface area contributed by atoms with Crippen LogP contribution in [0.5, 0.6) is 0 Å². The minimum atomic E-state index is -2.58. The second kappa shape index (κ2) is 3.56. The summed E-state index contributed by atoms with van der Waals surface area (Å²) in [5, 5.41) is 0.787. The number of rotatable bonds is 2. The fourth-order valence-electron chi connectivity index (χ4n) is 1.89. The number of para-hydroxylation sites is 1. The van der Waals surface area contributed by atoms with E-state index in [4.69, 9.17) is 5.73 Å². The second-order valence-electron chi connectivity index (χ2n) is 4.25. The van der Waals surface area contributed by atoms with Crippen molar-refractivity contribution in [3.63, 3.8) is 0 Å². The molecular formula is C12H14F2N2. The van der Waals surface area contributed by atoms with Crippen molar-refractivity contribution in [1.82, 2.24) is 4.57 Å². The van der Waals surface area contributed by atoms with E-state index >= 15 is 0 Å². The summed E-state index contributed by atoms with van der Waals surface area (Å²) in [7, 11) is 1.83. The van der Waals surface area contributed by atoms with E-state index in [0.717, 1.165) is 10.9 Å². The molecule has 0 bridgehead atoms. The first-order chi connectivity index (χ1) is 7.44. The Hall–Kier alpha value is -1.42. The first-order valence-electron chi connectivity index (χ1n) is 5.06. The van der Waals surface area contributed by atoms with Gasteiger partial charge in [-0.3, -0.25) is 0 Å². The largest absolute Gasteiger partial charge is 0.350 e. The molecule has 1 aromatic carbocycles. The Morgan fingerprint density at radius 3 is 2.56 bits per heavy atom. The highest BCUT2D eigenvalue weighted by Gasteiger charge is 2.34. The summed E-state index contributed by atoms with van der Waals surface area (Å²) in [5.74, 6) is 0. The van der Waals surface area contributed by atoms with Crippen molar-refractivity contribution in [3.05, 3.63) is 36.0 Å². The van der Waals surface area contributed by atoms with E-state index in [1.165, 1.54) is 6.92 Å². The fraction of sp³-hybridized carbons (Fsp3) is 0.333. The summed E-state index contributed by atoms with van der Waals surface area (Å²) in [6, 6.07) is 7.41. The van der Waals surface area contributed by atoms with Gasteiger partial charge >= 0.3 is 0 Å². The van der Waals surface area contributed by atoms with E-state index in [1.54, 1.807) is 6.20 Å². The molecule has 2 N–H and O–H groups in total. The Morgan fingerprint density at radius 1 is 1.31 bits per heavy atom. The molecule has 16 heavy (non-hydrogen) atoms. The highest BCUT2D eigenvalue weighted by Crippen LogP contribution is 2.32. The van der Waals surface area contributed by atoms with Crippen LogP contribution in [-0.4, -0.2) is 11.0 Å². The SMILES string of the molecule is Cn1cc(C(C)(N)C(F)F)c2ccccc21. The zero-order chi connectivity index (χ0) is 11.9. The van der Waals surface area contributed by atoms with E-state index in [2.05, 4.69) is 0 Å². The monoisotopic (exact) mass is 224 g/mol. The van der Waals surface area contributed by atoms with Gasteiger partial charge in [0.15, 0.2) is 0 Å². The Kier molecular flexibility index (Phi) is 2.46. The molecule has 0 saturated heterocycles. The number of nitrogens with zero attached hydrogens (tertiary/aromatic N) is 1. The molecule has 2 aromatic rings. The minimum Gasteiger partial charge on any atom is -0.350 e. The first kappa shape index (κ1) is 11.1. The Labute approximate surface area is 92.7 Å². The molecular weight excluding hydrogens is 210 g/mol. The zero-order valence-corrected chi connectivity index (χ0v) is 9.24. The van der Waals surface area contributed by atoms with Crippen LogP contribution in [0.25, 0.3) is 10.9 Å². The lowest BCUT2D eigenvalue weighted by Gasteiger charge is -2.23. The Morgan fingerprint density at radius 2 is 1.94 bits per heavy atom. The molecule has 4 heteroatoms. The molecule has 2 nitrogen and oxygen atoms in total. The number of aromatic nitrogens is 1. The second-order valence-corrected chi connectivity index (χ2v) is 4.25. The third kappa shape index (κ3) is 1.50. The van der Waals surface area contributed by atoms with Gasteiger partial charge in [0.2, 0.25) is 0 Å². The molecule has 0 aliphatic heterocycles. The smallest absolute Gasteiger partial charge is 0.260 e. The maximum Gasteiger partial charge on any atom is 0.260 e. The topological polar surface area (TPSA) is 30.9 Å². The van der Waals surface area contributed by atoms with E-state index in [-0.39, 0.29) is 0 Å². The first-order valence-corrected chi connectivity index (χ1v) is 5.06. The normalized spacial score (nSPS) is 15.6. The number of alkyl halides is 2. The van der Waals surface area contributed by atoms with Crippen LogP contribution >= 0.6 is 0 Å². The van der Waals surface area contributed by atoms with Gasteiger partial charge in [0.1, 0.15) is 5.54 Å². The molecule has 86 valence electrons. The number of fused-ring (bicyclic) bond motifs is 1. The van der Waals surface area contributed by atoms with Crippen LogP contribution in [-0.2, 0) is 12.6 Å². The molecule has 2 rings (SSSR count). The quantitative estimate of drug-likeness (QED) is 0.835. The van der Waals surface area contributed by atoms with E-state index in [9.17, 15) is 8.78 Å². The van der Waals surface area contributed by atoms with E-state index in [0.29, 0.717) is 5.56 Å². The molecule has 0 amide bonds. The molecule has 1 heterocycles. The molecule has 1 atom stereocenters. The summed E-state index contributed by atoms with van der Waals surface area (Å²) in [4.78, 5) is 0. The van der Waals surface area contributed by atoms with Gasteiger partial charge < -0.3 is 10.3 Å². The molecule has 0 spiro atoms. The van der Waals surface area contributed by atoms with Crippen molar-refractivity contribution in [3.8, 4) is 0 Å². The van der Waals surface area contributed by atoms with Crippen molar-refractivity contribution in [2.24, 2.45) is 12.8 Å². The van der Waals surface area contributed by atoms with Gasteiger partial charge in [-0.05, 0) is 13.0 Å². The van der Waals surface area contributed by atoms with Crippen LogP contribution in [0.3, 0.4) is 0 Å². The van der Waals surface area contributed by atoms with Gasteiger partial charge in [-0.2, -0.15) is 0 Å². The predicted octanol–water partition coefficient (Wildman–Crippen LogP) is 2.62. The maximum absolute atomic E-state index is 12.9. The fourth-order valence-corrected chi connectivity index (χ4v) is 1.89. The zero-order valence-electron chi connectivity index (χ0n) is 9.24. The molecule has 1 unspecified atom stereocenters. The summed E-state index contributed by atoms with van der Waals surface area (Å²) in [6.07, 6.45) is -0.907. The van der Waals surface area contributed by atoms with Gasteiger partial charge in [0, 0.05) is 29.7 Å². The third-order valence-electron chi connectivity index (χ3n) is 2.93. The predicted molar refractivity (Wildman–Crippen MR) is 60.5 cm³/mol. The summed E-state index contributed by atoms with van der Waals surface area (Å²) in [6.45, 7) is 1.36. The highest BCUT2D eigenvalue weighted by molar-refractivity contribution is 5.84. The molecule has 0 fully saturated rings. The van der Waals surface area contributed by atoms with Crippen LogP contribution in [0.2, 0.25) is 0 Å². The van der Waals surface area contributed by atoms with Gasteiger partial charge in [0.25, 0.3) is 6.43 Å². The lowest BCUT2D eigenvalue weighted by molar-refractivity contribution is 0.0632. The average molecular weight is 224 g/mol. The number of hydrogen-bond acceptors (Lipinski definition) is 1. The van der Waals surface area contributed by atoms with Crippen LogP contribution in [0, 0.1) is 0 Å². The van der Waals surface area contributed by atoms with Crippen molar-refractivity contribution in [2.45, 2.75) is 18.9 Å². The van der Waals surface area contributed by atoms with Gasteiger partial charge in [-0.25, -0.2) is 8.78 Å². The van der Waals surface area contributed by atoms with E-state index in [1.807, 2.05) is 35.9 Å². The van der Waals surface area contributed by atoms with Crippen molar-refractivity contribution in [1.29, 1.82) is 0 Å². The number of benzene rings is 1. The molecule has 0 saturated carbocycles. The maximum atomic E-state index is 12.9. The average Bonchev–Trinajstić information content (AvgIpc) is 2.57. The number of halogens is 2. The summed E-state index contributed by atoms with van der Waals surface area (Å²) >= 11 is 0. The van der Waals surface area contributed by atoms with Crippen LogP contribution in [0.15, 0.2) is 30.5 Å². The van der Waals surface area contributed by atoms with Gasteiger partial charge in [0.05, 0.1) is 0 Å². The van der Waals surface area contributed by atoms with Gasteiger partial charge in [-0.15, -0.1) is 0 Å². The lowest BCUT2D eigenvalue weighted by atomic mass is 9.93. The molecule has 0 radical (unpaired) electrons. The Bertz CT molecular complexity index is 515. The third-order valence-corrected chi connectivity index (χ3v) is 2.93. The molecule has 1 aromatic heterocycles. The van der Waals surface area contributed by atoms with Crippen LogP contribution in [0.1, 0.15) is 12.5 Å². The summed E-state index contributed by atoms with van der Waals surface area (Å²) < 4.78 is 27.6. The minimum absolute atomic E-state index is 0.487. The van der Waals surface area contributed by atoms with Crippen molar-refractivity contribution >= 4 is 10.9 Å². The lowest BCUT2D eigenvalue weighted by Crippen LogP contribution is -2.40. The van der Waals surface area contributed by atoms with E-state index < -0.39 is 12.0 Å². The standard InChI is InChI=1S/C12H14F2N2/c1-12(15,11(13)14)9-7-16(2)10-6-4-3-5-8(9)10/h3-7,11H,15H2,1-2H3. The number of aryl methyl sites for hydroxylation is 1. The Balaban J connectivity index is 2.71. The van der Waals surface area contributed by atoms with Crippen LogP contribution < -0.4 is 5.73 Å². The summed E-state index contributed by atoms with van der Waals surface area (Å²) in [5.41, 5.74) is 5.49. The number of nitrogens with two attached hydrogens (primary N) is 1. The van der Waals surface area contributed by atoms with Crippen LogP contribution in [0.4, 0.5) is 8.78 Å². The molecule has 0 aliphatic rings. The number of hydrogen-bond donors (Lipinski definition) is 1. The molecule has 0 aliphatic carbocycles. The van der Waals surface area contributed by atoms with Crippen molar-refractivity contribution in [2.75, 3.05) is 0 Å². The van der Waals surface area contributed by atoms with Crippen molar-refractivity contribution < 1.29 is 8.78 Å². The van der Waals surface area contributed by atoms with Gasteiger partial charge in [-0.1, -0.05) is 18.2 Å². The highest BCUT2D eigenvalue weighted by atomic mass is 19.3.